The molecule has 0 aliphatic rings. The topological polar surface area (TPSA) is 83.0 Å². The van der Waals surface area contributed by atoms with Crippen molar-refractivity contribution in [3.63, 3.8) is 0 Å². The second-order valence-corrected chi connectivity index (χ2v) is 5.54. The first-order chi connectivity index (χ1) is 12.1. The van der Waals surface area contributed by atoms with E-state index in [1.54, 1.807) is 42.9 Å². The van der Waals surface area contributed by atoms with Crippen LogP contribution in [-0.2, 0) is 6.61 Å². The van der Waals surface area contributed by atoms with Gasteiger partial charge in [-0.2, -0.15) is 0 Å². The van der Waals surface area contributed by atoms with E-state index >= 15 is 0 Å². The van der Waals surface area contributed by atoms with Crippen molar-refractivity contribution in [2.24, 2.45) is 0 Å². The second kappa shape index (κ2) is 7.67. The molecule has 0 amide bonds. The molecule has 2 heterocycles. The molecule has 3 N–H and O–H groups in total. The fraction of sp³-hybridized carbons (Fsp3) is 0.167. The standard InChI is InChI=1S/C18H18FN5O/c1-12(14-2-4-15(19)5-3-14)22-16-8-13(11-25)9-17(23-16)24-18-10-20-6-7-21-18/h2-10,12,25H,11H2,1H3,(H2,21,22,23,24)/t12-/m0/s1. The van der Waals surface area contributed by atoms with Crippen molar-refractivity contribution in [1.82, 2.24) is 15.0 Å². The lowest BCUT2D eigenvalue weighted by atomic mass is 10.1. The zero-order valence-electron chi connectivity index (χ0n) is 13.6. The minimum Gasteiger partial charge on any atom is -0.392 e. The minimum absolute atomic E-state index is 0.0774. The SMILES string of the molecule is C[C@H](Nc1cc(CO)cc(Nc2cnccn2)n1)c1ccc(F)cc1. The van der Waals surface area contributed by atoms with Gasteiger partial charge in [-0.05, 0) is 42.3 Å². The fourth-order valence-electron chi connectivity index (χ4n) is 2.37. The molecule has 0 aliphatic heterocycles. The molecule has 6 nitrogen and oxygen atoms in total. The van der Waals surface area contributed by atoms with Crippen LogP contribution in [0.2, 0.25) is 0 Å². The van der Waals surface area contributed by atoms with Crippen molar-refractivity contribution in [3.8, 4) is 0 Å². The highest BCUT2D eigenvalue weighted by Crippen LogP contribution is 2.22. The van der Waals surface area contributed by atoms with Gasteiger partial charge >= 0.3 is 0 Å². The van der Waals surface area contributed by atoms with Gasteiger partial charge < -0.3 is 15.7 Å². The monoisotopic (exact) mass is 339 g/mol. The molecule has 1 aromatic carbocycles. The van der Waals surface area contributed by atoms with Crippen molar-refractivity contribution in [2.45, 2.75) is 19.6 Å². The Morgan fingerprint density at radius 3 is 2.52 bits per heavy atom. The number of rotatable bonds is 6. The lowest BCUT2D eigenvalue weighted by Crippen LogP contribution is -2.09. The molecular weight excluding hydrogens is 321 g/mol. The largest absolute Gasteiger partial charge is 0.392 e. The first kappa shape index (κ1) is 16.8. The number of nitrogens with zero attached hydrogens (tertiary/aromatic N) is 3. The average Bonchev–Trinajstić information content (AvgIpc) is 2.63. The Kier molecular flexibility index (Phi) is 5.15. The maximum atomic E-state index is 13.1. The smallest absolute Gasteiger partial charge is 0.150 e. The van der Waals surface area contributed by atoms with Crippen molar-refractivity contribution in [1.29, 1.82) is 0 Å². The lowest BCUT2D eigenvalue weighted by molar-refractivity contribution is 0.282. The summed E-state index contributed by atoms with van der Waals surface area (Å²) in [7, 11) is 0. The van der Waals surface area contributed by atoms with Crippen molar-refractivity contribution < 1.29 is 9.50 Å². The van der Waals surface area contributed by atoms with Gasteiger partial charge in [0.2, 0.25) is 0 Å². The third-order valence-corrected chi connectivity index (χ3v) is 3.62. The van der Waals surface area contributed by atoms with Crippen molar-refractivity contribution in [3.05, 3.63) is 71.9 Å². The summed E-state index contributed by atoms with van der Waals surface area (Å²) in [6.45, 7) is 1.84. The number of halogens is 1. The summed E-state index contributed by atoms with van der Waals surface area (Å²) in [5.41, 5.74) is 1.64. The molecule has 7 heteroatoms. The highest BCUT2D eigenvalue weighted by atomic mass is 19.1. The van der Waals surface area contributed by atoms with Gasteiger partial charge in [-0.3, -0.25) is 4.98 Å². The Balaban J connectivity index is 1.80. The van der Waals surface area contributed by atoms with Crippen molar-refractivity contribution in [2.75, 3.05) is 10.6 Å². The maximum absolute atomic E-state index is 13.1. The zero-order chi connectivity index (χ0) is 17.6. The molecule has 128 valence electrons. The van der Waals surface area contributed by atoms with Crippen LogP contribution in [0.25, 0.3) is 0 Å². The van der Waals surface area contributed by atoms with Gasteiger partial charge in [0.1, 0.15) is 23.3 Å². The summed E-state index contributed by atoms with van der Waals surface area (Å²) in [5.74, 6) is 1.42. The number of benzene rings is 1. The third-order valence-electron chi connectivity index (χ3n) is 3.62. The maximum Gasteiger partial charge on any atom is 0.150 e. The van der Waals surface area contributed by atoms with Gasteiger partial charge in [-0.1, -0.05) is 12.1 Å². The Hall–Kier alpha value is -3.06. The number of hydrogen-bond acceptors (Lipinski definition) is 6. The highest BCUT2D eigenvalue weighted by Gasteiger charge is 2.09. The summed E-state index contributed by atoms with van der Waals surface area (Å²) in [4.78, 5) is 12.6. The highest BCUT2D eigenvalue weighted by molar-refractivity contribution is 5.56. The zero-order valence-corrected chi connectivity index (χ0v) is 13.6. The van der Waals surface area contributed by atoms with E-state index < -0.39 is 0 Å². The van der Waals surface area contributed by atoms with E-state index in [1.807, 2.05) is 6.92 Å². The van der Waals surface area contributed by atoms with E-state index in [4.69, 9.17) is 0 Å². The van der Waals surface area contributed by atoms with Crippen LogP contribution >= 0.6 is 0 Å². The molecule has 3 aromatic rings. The summed E-state index contributed by atoms with van der Waals surface area (Å²) in [6, 6.07) is 9.72. The Bertz CT molecular complexity index is 827. The van der Waals surface area contributed by atoms with E-state index in [0.717, 1.165) is 5.56 Å². The molecule has 2 aromatic heterocycles. The number of nitrogens with one attached hydrogen (secondary N) is 2. The first-order valence-electron chi connectivity index (χ1n) is 7.81. The van der Waals surface area contributed by atoms with Crippen molar-refractivity contribution >= 4 is 17.5 Å². The molecule has 0 bridgehead atoms. The summed E-state index contributed by atoms with van der Waals surface area (Å²) < 4.78 is 13.1. The van der Waals surface area contributed by atoms with Gasteiger partial charge in [0.05, 0.1) is 12.8 Å². The number of aliphatic hydroxyl groups excluding tert-OH is 1. The predicted molar refractivity (Wildman–Crippen MR) is 93.9 cm³/mol. The first-order valence-corrected chi connectivity index (χ1v) is 7.81. The van der Waals surface area contributed by atoms with Crippen LogP contribution in [0, 0.1) is 5.82 Å². The van der Waals surface area contributed by atoms with E-state index in [-0.39, 0.29) is 18.5 Å². The van der Waals surface area contributed by atoms with E-state index in [9.17, 15) is 9.50 Å². The molecule has 0 saturated heterocycles. The summed E-state index contributed by atoms with van der Waals surface area (Å²) in [5, 5.41) is 15.8. The number of aromatic nitrogens is 3. The van der Waals surface area contributed by atoms with Crippen LogP contribution in [0.3, 0.4) is 0 Å². The molecule has 1 atom stereocenters. The van der Waals surface area contributed by atoms with Crippen LogP contribution < -0.4 is 10.6 Å². The fourth-order valence-corrected chi connectivity index (χ4v) is 2.37. The van der Waals surface area contributed by atoms with Crippen LogP contribution in [0.15, 0.2) is 55.0 Å². The summed E-state index contributed by atoms with van der Waals surface area (Å²) in [6.07, 6.45) is 4.75. The van der Waals surface area contributed by atoms with Gasteiger partial charge in [0.15, 0.2) is 0 Å². The number of anilines is 3. The van der Waals surface area contributed by atoms with E-state index in [0.29, 0.717) is 23.0 Å². The number of pyridine rings is 1. The molecule has 3 rings (SSSR count). The predicted octanol–water partition coefficient (Wildman–Crippen LogP) is 3.42. The molecule has 0 radical (unpaired) electrons. The van der Waals surface area contributed by atoms with Gasteiger partial charge in [0.25, 0.3) is 0 Å². The Morgan fingerprint density at radius 2 is 1.84 bits per heavy atom. The Labute approximate surface area is 144 Å². The third kappa shape index (κ3) is 4.48. The molecule has 0 fully saturated rings. The van der Waals surface area contributed by atoms with Crippen LogP contribution in [0.5, 0.6) is 0 Å². The molecule has 25 heavy (non-hydrogen) atoms. The minimum atomic E-state index is -0.271. The number of hydrogen-bond donors (Lipinski definition) is 3. The van der Waals surface area contributed by atoms with Gasteiger partial charge in [-0.15, -0.1) is 0 Å². The van der Waals surface area contributed by atoms with Crippen LogP contribution in [-0.4, -0.2) is 20.1 Å². The van der Waals surface area contributed by atoms with E-state index in [2.05, 4.69) is 25.6 Å². The van der Waals surface area contributed by atoms with Crippen LogP contribution in [0.1, 0.15) is 24.1 Å². The second-order valence-electron chi connectivity index (χ2n) is 5.54. The lowest BCUT2D eigenvalue weighted by Gasteiger charge is -2.17. The van der Waals surface area contributed by atoms with Gasteiger partial charge in [0, 0.05) is 18.4 Å². The molecule has 0 aliphatic carbocycles. The average molecular weight is 339 g/mol. The quantitative estimate of drug-likeness (QED) is 0.638. The normalized spacial score (nSPS) is 11.8. The van der Waals surface area contributed by atoms with Crippen LogP contribution in [0.4, 0.5) is 21.8 Å². The Morgan fingerprint density at radius 1 is 1.08 bits per heavy atom. The molecular formula is C18H18FN5O. The van der Waals surface area contributed by atoms with E-state index in [1.165, 1.54) is 12.1 Å². The molecule has 0 saturated carbocycles. The molecule has 0 unspecified atom stereocenters. The summed E-state index contributed by atoms with van der Waals surface area (Å²) >= 11 is 0. The van der Waals surface area contributed by atoms with Gasteiger partial charge in [-0.25, -0.2) is 14.4 Å². The number of aliphatic hydroxyl groups is 1. The molecule has 0 spiro atoms.